The molecule has 7 nitrogen and oxygen atoms in total. The molecule has 1 heterocycles. The monoisotopic (exact) mass is 447 g/mol. The van der Waals surface area contributed by atoms with Gasteiger partial charge in [0.2, 0.25) is 15.9 Å². The zero-order valence-electron chi connectivity index (χ0n) is 17.0. The van der Waals surface area contributed by atoms with E-state index in [4.69, 9.17) is 0 Å². The first kappa shape index (κ1) is 22.2. The summed E-state index contributed by atoms with van der Waals surface area (Å²) < 4.78 is 27.8. The topological polar surface area (TPSA) is 99.6 Å². The maximum atomic E-state index is 12.7. The Labute approximate surface area is 180 Å². The molecule has 1 amide bonds. The van der Waals surface area contributed by atoms with Gasteiger partial charge in [-0.3, -0.25) is 4.79 Å². The van der Waals surface area contributed by atoms with E-state index in [1.54, 1.807) is 25.2 Å². The summed E-state index contributed by atoms with van der Waals surface area (Å²) >= 11 is 1.61. The van der Waals surface area contributed by atoms with Crippen LogP contribution in [-0.4, -0.2) is 41.8 Å². The molecule has 3 aromatic rings. The Kier molecular flexibility index (Phi) is 7.06. The van der Waals surface area contributed by atoms with E-state index in [1.165, 1.54) is 22.5 Å². The second kappa shape index (κ2) is 9.55. The molecule has 1 aromatic heterocycles. The fourth-order valence-electron chi connectivity index (χ4n) is 3.13. The van der Waals surface area contributed by atoms with Gasteiger partial charge >= 0.3 is 0 Å². The Bertz CT molecular complexity index is 1110. The number of anilines is 1. The average Bonchev–Trinajstić information content (AvgIpc) is 3.13. The number of phenolic OH excluding ortho intramolecular Hbond substituents is 1. The molecule has 0 atom stereocenters. The second-order valence-corrected chi connectivity index (χ2v) is 9.80. The van der Waals surface area contributed by atoms with Gasteiger partial charge in [0.05, 0.1) is 25.8 Å². The smallest absolute Gasteiger partial charge is 0.243 e. The van der Waals surface area contributed by atoms with Crippen molar-refractivity contribution in [1.82, 2.24) is 9.29 Å². The fourth-order valence-corrected chi connectivity index (χ4v) is 5.62. The van der Waals surface area contributed by atoms with Gasteiger partial charge in [-0.1, -0.05) is 26.0 Å². The van der Waals surface area contributed by atoms with E-state index in [9.17, 15) is 18.3 Å². The Balaban J connectivity index is 1.63. The number of fused-ring (bicyclic) bond motifs is 1. The van der Waals surface area contributed by atoms with Gasteiger partial charge in [0, 0.05) is 19.5 Å². The molecule has 0 aliphatic carbocycles. The van der Waals surface area contributed by atoms with Crippen molar-refractivity contribution in [2.75, 3.05) is 18.4 Å². The molecule has 0 bridgehead atoms. The van der Waals surface area contributed by atoms with Crippen LogP contribution in [0.3, 0.4) is 0 Å². The lowest BCUT2D eigenvalue weighted by molar-refractivity contribution is -0.116. The molecule has 0 radical (unpaired) electrons. The van der Waals surface area contributed by atoms with E-state index in [2.05, 4.69) is 10.3 Å². The molecule has 30 heavy (non-hydrogen) atoms. The molecule has 0 fully saturated rings. The zero-order chi connectivity index (χ0) is 21.7. The highest BCUT2D eigenvalue weighted by Crippen LogP contribution is 2.28. The Hall–Kier alpha value is -2.49. The minimum atomic E-state index is -3.68. The minimum Gasteiger partial charge on any atom is -0.506 e. The molecule has 0 aliphatic heterocycles. The number of rotatable bonds is 9. The summed E-state index contributed by atoms with van der Waals surface area (Å²) in [6.07, 6.45) is 1.52. The molecule has 0 aliphatic rings. The average molecular weight is 448 g/mol. The number of para-hydroxylation sites is 1. The van der Waals surface area contributed by atoms with Crippen molar-refractivity contribution < 1.29 is 18.3 Å². The number of nitrogens with one attached hydrogen (secondary N) is 1. The van der Waals surface area contributed by atoms with Crippen LogP contribution in [0.5, 0.6) is 5.75 Å². The zero-order valence-corrected chi connectivity index (χ0v) is 18.6. The van der Waals surface area contributed by atoms with Crippen molar-refractivity contribution in [2.24, 2.45) is 0 Å². The van der Waals surface area contributed by atoms with Crippen LogP contribution in [0.4, 0.5) is 5.69 Å². The maximum Gasteiger partial charge on any atom is 0.243 e. The number of aromatic nitrogens is 1. The maximum absolute atomic E-state index is 12.7. The predicted octanol–water partition coefficient (Wildman–Crippen LogP) is 3.99. The number of amides is 1. The Morgan fingerprint density at radius 2 is 1.90 bits per heavy atom. The third-order valence-electron chi connectivity index (χ3n) is 4.72. The van der Waals surface area contributed by atoms with E-state index in [0.29, 0.717) is 25.9 Å². The molecule has 0 saturated carbocycles. The summed E-state index contributed by atoms with van der Waals surface area (Å²) in [5.41, 5.74) is 1.05. The van der Waals surface area contributed by atoms with Crippen molar-refractivity contribution in [2.45, 2.75) is 38.0 Å². The van der Waals surface area contributed by atoms with Crippen LogP contribution in [-0.2, 0) is 21.2 Å². The van der Waals surface area contributed by atoms with Gasteiger partial charge in [0.1, 0.15) is 5.75 Å². The van der Waals surface area contributed by atoms with Gasteiger partial charge in [-0.05, 0) is 43.2 Å². The van der Waals surface area contributed by atoms with Crippen LogP contribution >= 0.6 is 11.3 Å². The number of phenols is 1. The molecule has 2 N–H and O–H groups in total. The number of carbonyl (C=O) groups is 1. The van der Waals surface area contributed by atoms with Gasteiger partial charge in [-0.2, -0.15) is 4.31 Å². The lowest BCUT2D eigenvalue weighted by atomic mass is 10.2. The number of hydrogen-bond donors (Lipinski definition) is 2. The summed E-state index contributed by atoms with van der Waals surface area (Å²) in [5.74, 6) is -0.461. The largest absolute Gasteiger partial charge is 0.506 e. The third kappa shape index (κ3) is 4.97. The first-order chi connectivity index (χ1) is 14.3. The van der Waals surface area contributed by atoms with Crippen LogP contribution in [0.2, 0.25) is 0 Å². The van der Waals surface area contributed by atoms with E-state index in [-0.39, 0.29) is 28.7 Å². The van der Waals surface area contributed by atoms with Crippen LogP contribution in [0.1, 0.15) is 31.7 Å². The molecule has 0 unspecified atom stereocenters. The molecular weight excluding hydrogens is 422 g/mol. The summed E-state index contributed by atoms with van der Waals surface area (Å²) in [5, 5.41) is 13.6. The highest BCUT2D eigenvalue weighted by atomic mass is 32.2. The van der Waals surface area contributed by atoms with Crippen molar-refractivity contribution in [3.05, 3.63) is 47.5 Å². The van der Waals surface area contributed by atoms with E-state index in [0.717, 1.165) is 15.2 Å². The van der Waals surface area contributed by atoms with Crippen LogP contribution < -0.4 is 5.32 Å². The summed E-state index contributed by atoms with van der Waals surface area (Å²) in [4.78, 5) is 16.9. The Morgan fingerprint density at radius 3 is 2.60 bits per heavy atom. The number of thiazole rings is 1. The summed E-state index contributed by atoms with van der Waals surface area (Å²) in [7, 11) is -3.68. The van der Waals surface area contributed by atoms with E-state index < -0.39 is 10.0 Å². The van der Waals surface area contributed by atoms with Crippen molar-refractivity contribution >= 4 is 43.2 Å². The molecular formula is C21H25N3O4S2. The van der Waals surface area contributed by atoms with Gasteiger partial charge < -0.3 is 10.4 Å². The quantitative estimate of drug-likeness (QED) is 0.483. The molecule has 0 saturated heterocycles. The minimum absolute atomic E-state index is 0.0359. The highest BCUT2D eigenvalue weighted by Gasteiger charge is 2.23. The number of sulfonamides is 1. The van der Waals surface area contributed by atoms with Gasteiger partial charge in [0.25, 0.3) is 0 Å². The SMILES string of the molecule is CCN(CC)S(=O)(=O)c1ccc(O)c(NC(=O)CCCc2nc3ccccc3s2)c1. The number of nitrogens with zero attached hydrogens (tertiary/aromatic N) is 2. The van der Waals surface area contributed by atoms with Gasteiger partial charge in [0.15, 0.2) is 0 Å². The molecule has 160 valence electrons. The lowest BCUT2D eigenvalue weighted by Gasteiger charge is -2.19. The highest BCUT2D eigenvalue weighted by molar-refractivity contribution is 7.89. The van der Waals surface area contributed by atoms with E-state index in [1.807, 2.05) is 24.3 Å². The second-order valence-electron chi connectivity index (χ2n) is 6.75. The summed E-state index contributed by atoms with van der Waals surface area (Å²) in [6, 6.07) is 11.8. The first-order valence-corrected chi connectivity index (χ1v) is 12.1. The van der Waals surface area contributed by atoms with Crippen molar-refractivity contribution in [3.8, 4) is 5.75 Å². The first-order valence-electron chi connectivity index (χ1n) is 9.82. The van der Waals surface area contributed by atoms with Crippen LogP contribution in [0.25, 0.3) is 10.2 Å². The number of benzene rings is 2. The van der Waals surface area contributed by atoms with Crippen molar-refractivity contribution in [3.63, 3.8) is 0 Å². The third-order valence-corrected chi connectivity index (χ3v) is 7.86. The molecule has 9 heteroatoms. The standard InChI is InChI=1S/C21H25N3O4S2/c1-3-24(4-2)30(27,28)15-12-13-18(25)17(14-15)22-20(26)10-7-11-21-23-16-8-5-6-9-19(16)29-21/h5-6,8-9,12-14,25H,3-4,7,10-11H2,1-2H3,(H,22,26). The van der Waals surface area contributed by atoms with Crippen LogP contribution in [0, 0.1) is 0 Å². The molecule has 2 aromatic carbocycles. The Morgan fingerprint density at radius 1 is 1.17 bits per heavy atom. The van der Waals surface area contributed by atoms with Gasteiger partial charge in [-0.15, -0.1) is 11.3 Å². The number of hydrogen-bond acceptors (Lipinski definition) is 6. The number of aryl methyl sites for hydroxylation is 1. The predicted molar refractivity (Wildman–Crippen MR) is 119 cm³/mol. The van der Waals surface area contributed by atoms with Crippen LogP contribution in [0.15, 0.2) is 47.4 Å². The lowest BCUT2D eigenvalue weighted by Crippen LogP contribution is -2.30. The number of carbonyl (C=O) groups excluding carboxylic acids is 1. The summed E-state index contributed by atoms with van der Waals surface area (Å²) in [6.45, 7) is 4.20. The van der Waals surface area contributed by atoms with E-state index >= 15 is 0 Å². The fraction of sp³-hybridized carbons (Fsp3) is 0.333. The number of aromatic hydroxyl groups is 1. The van der Waals surface area contributed by atoms with Crippen molar-refractivity contribution in [1.29, 1.82) is 0 Å². The molecule has 3 rings (SSSR count). The normalized spacial score (nSPS) is 11.8. The molecule has 0 spiro atoms. The van der Waals surface area contributed by atoms with Gasteiger partial charge in [-0.25, -0.2) is 13.4 Å².